The third-order valence-corrected chi connectivity index (χ3v) is 6.50. The van der Waals surface area contributed by atoms with E-state index in [2.05, 4.69) is 0 Å². The summed E-state index contributed by atoms with van der Waals surface area (Å²) in [6.45, 7) is 1.38. The Labute approximate surface area is 214 Å². The van der Waals surface area contributed by atoms with Gasteiger partial charge in [0.25, 0.3) is 0 Å². The highest BCUT2D eigenvalue weighted by molar-refractivity contribution is 5.88. The number of nitrogens with zero attached hydrogens (tertiary/aromatic N) is 1. The van der Waals surface area contributed by atoms with Gasteiger partial charge in [0.2, 0.25) is 5.88 Å². The molecular weight excluding hydrogens is 499 g/mol. The second-order valence-corrected chi connectivity index (χ2v) is 8.80. The second-order valence-electron chi connectivity index (χ2n) is 8.80. The Morgan fingerprint density at radius 1 is 1.05 bits per heavy atom. The average molecular weight is 519 g/mol. The van der Waals surface area contributed by atoms with Crippen LogP contribution >= 0.6 is 0 Å². The lowest BCUT2D eigenvalue weighted by atomic mass is 9.82. The van der Waals surface area contributed by atoms with Crippen molar-refractivity contribution >= 4 is 16.7 Å². The van der Waals surface area contributed by atoms with Crippen molar-refractivity contribution in [2.24, 2.45) is 5.73 Å². The van der Waals surface area contributed by atoms with Crippen molar-refractivity contribution < 1.29 is 27.1 Å². The zero-order chi connectivity index (χ0) is 27.4. The highest BCUT2D eigenvalue weighted by Crippen LogP contribution is 2.46. The summed E-state index contributed by atoms with van der Waals surface area (Å²) < 4.78 is 57.6. The summed E-state index contributed by atoms with van der Waals surface area (Å²) >= 11 is 0. The number of ether oxygens (including phenoxy) is 2. The molecule has 0 radical (unpaired) electrons. The van der Waals surface area contributed by atoms with Gasteiger partial charge in [-0.05, 0) is 60.0 Å². The number of anilines is 1. The molecule has 0 amide bonds. The van der Waals surface area contributed by atoms with Gasteiger partial charge in [-0.1, -0.05) is 18.2 Å². The third kappa shape index (κ3) is 3.98. The van der Waals surface area contributed by atoms with E-state index in [-0.39, 0.29) is 39.5 Å². The Bertz CT molecular complexity index is 1750. The van der Waals surface area contributed by atoms with Crippen LogP contribution in [0.15, 0.2) is 75.3 Å². The van der Waals surface area contributed by atoms with Crippen molar-refractivity contribution in [3.05, 3.63) is 98.7 Å². The van der Waals surface area contributed by atoms with Gasteiger partial charge in [-0.2, -0.15) is 18.4 Å². The second kappa shape index (κ2) is 8.88. The van der Waals surface area contributed by atoms with Gasteiger partial charge >= 0.3 is 11.8 Å². The monoisotopic (exact) mass is 519 g/mol. The molecule has 5 rings (SSSR count). The maximum absolute atomic E-state index is 13.6. The highest BCUT2D eigenvalue weighted by atomic mass is 19.4. The molecule has 0 spiro atoms. The third-order valence-electron chi connectivity index (χ3n) is 6.50. The summed E-state index contributed by atoms with van der Waals surface area (Å²) in [6, 6.07) is 15.3. The van der Waals surface area contributed by atoms with E-state index in [4.69, 9.17) is 25.4 Å². The maximum Gasteiger partial charge on any atom is 0.416 e. The van der Waals surface area contributed by atoms with Crippen molar-refractivity contribution in [2.45, 2.75) is 19.0 Å². The number of benzene rings is 3. The molecule has 1 unspecified atom stereocenters. The molecule has 2 heterocycles. The van der Waals surface area contributed by atoms with Crippen LogP contribution < -0.4 is 26.6 Å². The van der Waals surface area contributed by atoms with Crippen LogP contribution in [0.2, 0.25) is 0 Å². The normalized spacial score (nSPS) is 15.1. The van der Waals surface area contributed by atoms with E-state index in [0.717, 1.165) is 6.07 Å². The van der Waals surface area contributed by atoms with Crippen LogP contribution in [0.3, 0.4) is 0 Å². The van der Waals surface area contributed by atoms with Gasteiger partial charge in [-0.15, -0.1) is 0 Å². The molecule has 4 aromatic rings. The number of alkyl halides is 3. The largest absolute Gasteiger partial charge is 0.496 e. The number of rotatable bonds is 3. The van der Waals surface area contributed by atoms with Gasteiger partial charge in [-0.3, -0.25) is 0 Å². The number of hydrogen-bond acceptors (Lipinski definition) is 7. The number of methoxy groups -OCH3 is 1. The Kier molecular flexibility index (Phi) is 5.79. The molecule has 1 aliphatic rings. The summed E-state index contributed by atoms with van der Waals surface area (Å²) in [6.07, 6.45) is -4.56. The summed E-state index contributed by atoms with van der Waals surface area (Å²) in [4.78, 5) is 13.2. The Hall–Kier alpha value is -4.91. The average Bonchev–Trinajstić information content (AvgIpc) is 2.87. The predicted molar refractivity (Wildman–Crippen MR) is 134 cm³/mol. The van der Waals surface area contributed by atoms with Gasteiger partial charge in [0.15, 0.2) is 5.75 Å². The topological polar surface area (TPSA) is 124 Å². The minimum absolute atomic E-state index is 0.0184. The van der Waals surface area contributed by atoms with Gasteiger partial charge in [0.1, 0.15) is 23.0 Å². The fraction of sp³-hybridized carbons (Fsp3) is 0.143. The van der Waals surface area contributed by atoms with Crippen molar-refractivity contribution in [3.63, 3.8) is 0 Å². The van der Waals surface area contributed by atoms with Crippen LogP contribution in [0, 0.1) is 18.3 Å². The number of hydrogen-bond donors (Lipinski definition) is 2. The molecule has 1 aromatic heterocycles. The van der Waals surface area contributed by atoms with Crippen molar-refractivity contribution in [2.75, 3.05) is 12.8 Å². The molecule has 3 aromatic carbocycles. The summed E-state index contributed by atoms with van der Waals surface area (Å²) in [7, 11) is 1.39. The molecule has 4 N–H and O–H groups in total. The zero-order valence-electron chi connectivity index (χ0n) is 20.1. The smallest absolute Gasteiger partial charge is 0.416 e. The summed E-state index contributed by atoms with van der Waals surface area (Å²) in [5.41, 5.74) is 12.1. The molecule has 192 valence electrons. The first-order valence-electron chi connectivity index (χ1n) is 11.3. The number of nitrogens with two attached hydrogens (primary N) is 2. The minimum atomic E-state index is -4.56. The molecule has 7 nitrogen and oxygen atoms in total. The number of nitriles is 1. The van der Waals surface area contributed by atoms with Crippen LogP contribution in [0.1, 0.15) is 28.2 Å². The molecule has 0 fully saturated rings. The number of fused-ring (bicyclic) bond motifs is 3. The van der Waals surface area contributed by atoms with E-state index < -0.39 is 23.3 Å². The number of nitrogen functional groups attached to an aromatic ring is 1. The van der Waals surface area contributed by atoms with Gasteiger partial charge in [0, 0.05) is 11.3 Å². The molecule has 0 aliphatic carbocycles. The van der Waals surface area contributed by atoms with Gasteiger partial charge in [-0.25, -0.2) is 4.79 Å². The van der Waals surface area contributed by atoms with Crippen LogP contribution in [0.25, 0.3) is 22.1 Å². The fourth-order valence-electron chi connectivity index (χ4n) is 4.70. The number of aryl methyl sites for hydroxylation is 1. The van der Waals surface area contributed by atoms with E-state index >= 15 is 0 Å². The minimum Gasteiger partial charge on any atom is -0.496 e. The van der Waals surface area contributed by atoms with Crippen LogP contribution in [-0.4, -0.2) is 7.11 Å². The molecule has 1 aliphatic heterocycles. The molecule has 10 heteroatoms. The molecule has 0 saturated carbocycles. The van der Waals surface area contributed by atoms with E-state index in [9.17, 15) is 23.2 Å². The lowest BCUT2D eigenvalue weighted by molar-refractivity contribution is -0.138. The summed E-state index contributed by atoms with van der Waals surface area (Å²) in [5, 5.41) is 10.3. The van der Waals surface area contributed by atoms with Crippen LogP contribution in [0.5, 0.6) is 11.5 Å². The Balaban J connectivity index is 1.78. The number of halogens is 3. The van der Waals surface area contributed by atoms with Gasteiger partial charge < -0.3 is 25.4 Å². The van der Waals surface area contributed by atoms with Crippen LogP contribution in [-0.2, 0) is 6.18 Å². The molecule has 0 saturated heterocycles. The highest BCUT2D eigenvalue weighted by Gasteiger charge is 2.36. The maximum atomic E-state index is 13.6. The first kappa shape index (κ1) is 24.8. The SMILES string of the molecule is COc1ccc(C2C(C#N)=C(N)Oc3c2c(=O)oc2ccc(N)cc32)cc1-c1ccc(C)c(C(F)(F)F)c1. The standard InChI is InChI=1S/C28H20F3N3O4/c1-13-3-4-14(10-20(13)28(29,30)31)17-9-15(5-7-21(17)36-2)23-19(12-32)26(34)38-25-18-11-16(33)6-8-22(18)37-27(35)24(23)25/h3-11,23H,33-34H2,1-2H3. The first-order chi connectivity index (χ1) is 18.0. The number of allylic oxidation sites excluding steroid dienone is 1. The fourth-order valence-corrected chi connectivity index (χ4v) is 4.70. The van der Waals surface area contributed by atoms with E-state index in [1.807, 2.05) is 6.07 Å². The molecule has 0 bridgehead atoms. The quantitative estimate of drug-likeness (QED) is 0.267. The predicted octanol–water partition coefficient (Wildman–Crippen LogP) is 5.60. The van der Waals surface area contributed by atoms with Crippen LogP contribution in [0.4, 0.5) is 18.9 Å². The van der Waals surface area contributed by atoms with Crippen molar-refractivity contribution in [1.29, 1.82) is 5.26 Å². The molecule has 38 heavy (non-hydrogen) atoms. The zero-order valence-corrected chi connectivity index (χ0v) is 20.1. The lowest BCUT2D eigenvalue weighted by Gasteiger charge is -2.26. The van der Waals surface area contributed by atoms with E-state index in [0.29, 0.717) is 28.0 Å². The Morgan fingerprint density at radius 3 is 2.50 bits per heavy atom. The summed E-state index contributed by atoms with van der Waals surface area (Å²) in [5.74, 6) is -0.849. The van der Waals surface area contributed by atoms with E-state index in [1.165, 1.54) is 26.2 Å². The molecular formula is C28H20F3N3O4. The van der Waals surface area contributed by atoms with Crippen molar-refractivity contribution in [3.8, 4) is 28.7 Å². The van der Waals surface area contributed by atoms with E-state index in [1.54, 1.807) is 36.4 Å². The Morgan fingerprint density at radius 2 is 1.82 bits per heavy atom. The van der Waals surface area contributed by atoms with Crippen molar-refractivity contribution in [1.82, 2.24) is 0 Å². The van der Waals surface area contributed by atoms with Gasteiger partial charge in [0.05, 0.1) is 29.5 Å². The first-order valence-corrected chi connectivity index (χ1v) is 11.3. The molecule has 1 atom stereocenters. The lowest BCUT2D eigenvalue weighted by Crippen LogP contribution is -2.26.